The van der Waals surface area contributed by atoms with Crippen LogP contribution in [0.15, 0.2) is 16.6 Å². The summed E-state index contributed by atoms with van der Waals surface area (Å²) in [4.78, 5) is 2.07. The van der Waals surface area contributed by atoms with E-state index in [1.165, 1.54) is 0 Å². The van der Waals surface area contributed by atoms with Gasteiger partial charge in [-0.15, -0.1) is 0 Å². The van der Waals surface area contributed by atoms with Crippen molar-refractivity contribution in [3.63, 3.8) is 0 Å². The first-order valence-corrected chi connectivity index (χ1v) is 6.53. The Balaban J connectivity index is 3.12. The van der Waals surface area contributed by atoms with Crippen LogP contribution in [0.5, 0.6) is 0 Å². The van der Waals surface area contributed by atoms with Gasteiger partial charge < -0.3 is 10.6 Å². The molecule has 0 spiro atoms. The zero-order chi connectivity index (χ0) is 13.2. The smallest absolute Gasteiger partial charge is 0.161 e. The van der Waals surface area contributed by atoms with Crippen LogP contribution in [0.1, 0.15) is 19.4 Å². The molecule has 0 atom stereocenters. The Bertz CT molecular complexity index is 435. The molecule has 0 radical (unpaired) electrons. The van der Waals surface area contributed by atoms with Crippen LogP contribution >= 0.6 is 28.1 Å². The highest BCUT2D eigenvalue weighted by Crippen LogP contribution is 2.29. The second-order valence-corrected chi connectivity index (χ2v) is 5.63. The van der Waals surface area contributed by atoms with Gasteiger partial charge in [0.25, 0.3) is 0 Å². The topological polar surface area (TPSA) is 29.3 Å². The van der Waals surface area contributed by atoms with Crippen molar-refractivity contribution in [2.24, 2.45) is 11.7 Å². The van der Waals surface area contributed by atoms with Gasteiger partial charge in [0.2, 0.25) is 0 Å². The highest BCUT2D eigenvalue weighted by molar-refractivity contribution is 9.10. The van der Waals surface area contributed by atoms with Gasteiger partial charge in [0.05, 0.1) is 10.2 Å². The second kappa shape index (κ2) is 5.78. The summed E-state index contributed by atoms with van der Waals surface area (Å²) >= 11 is 8.05. The molecule has 94 valence electrons. The van der Waals surface area contributed by atoms with Crippen molar-refractivity contribution in [3.05, 3.63) is 28.0 Å². The van der Waals surface area contributed by atoms with Gasteiger partial charge in [-0.1, -0.05) is 26.1 Å². The molecular formula is C12H16BrFN2S. The first kappa shape index (κ1) is 14.4. The molecular weight excluding hydrogens is 303 g/mol. The summed E-state index contributed by atoms with van der Waals surface area (Å²) in [6.45, 7) is 4.97. The fourth-order valence-corrected chi connectivity index (χ4v) is 2.52. The number of hydrogen-bond donors (Lipinski definition) is 1. The summed E-state index contributed by atoms with van der Waals surface area (Å²) in [5.41, 5.74) is 6.59. The Morgan fingerprint density at radius 1 is 1.53 bits per heavy atom. The van der Waals surface area contributed by atoms with Crippen LogP contribution in [0.4, 0.5) is 10.1 Å². The van der Waals surface area contributed by atoms with E-state index in [-0.39, 0.29) is 10.8 Å². The Hall–Kier alpha value is -0.680. The first-order chi connectivity index (χ1) is 7.84. The van der Waals surface area contributed by atoms with E-state index < -0.39 is 0 Å². The van der Waals surface area contributed by atoms with Crippen LogP contribution in [0, 0.1) is 11.7 Å². The van der Waals surface area contributed by atoms with Gasteiger partial charge in [0, 0.05) is 19.2 Å². The van der Waals surface area contributed by atoms with E-state index in [1.54, 1.807) is 12.1 Å². The van der Waals surface area contributed by atoms with Crippen LogP contribution < -0.4 is 10.6 Å². The number of rotatable bonds is 4. The number of anilines is 1. The molecule has 5 heteroatoms. The Morgan fingerprint density at radius 2 is 2.12 bits per heavy atom. The zero-order valence-electron chi connectivity index (χ0n) is 10.1. The van der Waals surface area contributed by atoms with Gasteiger partial charge >= 0.3 is 0 Å². The Morgan fingerprint density at radius 3 is 2.59 bits per heavy atom. The average Bonchev–Trinajstić information content (AvgIpc) is 2.20. The van der Waals surface area contributed by atoms with E-state index in [9.17, 15) is 4.39 Å². The van der Waals surface area contributed by atoms with Gasteiger partial charge in [-0.05, 0) is 34.0 Å². The predicted octanol–water partition coefficient (Wildman–Crippen LogP) is 3.31. The third-order valence-electron chi connectivity index (χ3n) is 2.38. The summed E-state index contributed by atoms with van der Waals surface area (Å²) in [7, 11) is 1.87. The molecule has 0 unspecified atom stereocenters. The van der Waals surface area contributed by atoms with E-state index >= 15 is 0 Å². The summed E-state index contributed by atoms with van der Waals surface area (Å²) in [6.07, 6.45) is 0. The molecule has 0 aromatic heterocycles. The summed E-state index contributed by atoms with van der Waals surface area (Å²) in [5, 5.41) is 0. The summed E-state index contributed by atoms with van der Waals surface area (Å²) in [5.74, 6) is 0.145. The second-order valence-electron chi connectivity index (χ2n) is 4.40. The number of nitrogens with two attached hydrogens (primary N) is 1. The lowest BCUT2D eigenvalue weighted by Crippen LogP contribution is -2.24. The lowest BCUT2D eigenvalue weighted by atomic mass is 10.1. The van der Waals surface area contributed by atoms with E-state index in [0.717, 1.165) is 6.54 Å². The lowest BCUT2D eigenvalue weighted by molar-refractivity contribution is 0.595. The number of halogens is 2. The van der Waals surface area contributed by atoms with Crippen LogP contribution in [-0.2, 0) is 0 Å². The third-order valence-corrected chi connectivity index (χ3v) is 3.37. The van der Waals surface area contributed by atoms with Crippen LogP contribution in [0.2, 0.25) is 0 Å². The highest BCUT2D eigenvalue weighted by atomic mass is 79.9. The summed E-state index contributed by atoms with van der Waals surface area (Å²) in [6, 6.07) is 3.44. The van der Waals surface area contributed by atoms with Gasteiger partial charge in [-0.2, -0.15) is 0 Å². The van der Waals surface area contributed by atoms with Crippen molar-refractivity contribution in [2.75, 3.05) is 18.5 Å². The predicted molar refractivity (Wildman–Crippen MR) is 78.1 cm³/mol. The van der Waals surface area contributed by atoms with E-state index in [1.807, 2.05) is 11.9 Å². The summed E-state index contributed by atoms with van der Waals surface area (Å²) < 4.78 is 14.5. The largest absolute Gasteiger partial charge is 0.389 e. The normalized spacial score (nSPS) is 10.7. The third kappa shape index (κ3) is 3.39. The van der Waals surface area contributed by atoms with Crippen molar-refractivity contribution < 1.29 is 4.39 Å². The quantitative estimate of drug-likeness (QED) is 0.864. The van der Waals surface area contributed by atoms with Crippen molar-refractivity contribution in [1.82, 2.24) is 0 Å². The fraction of sp³-hybridized carbons (Fsp3) is 0.417. The van der Waals surface area contributed by atoms with E-state index in [0.29, 0.717) is 21.6 Å². The average molecular weight is 319 g/mol. The van der Waals surface area contributed by atoms with Crippen LogP contribution in [0.3, 0.4) is 0 Å². The maximum Gasteiger partial charge on any atom is 0.161 e. The molecule has 0 bridgehead atoms. The first-order valence-electron chi connectivity index (χ1n) is 5.33. The Kier molecular flexibility index (Phi) is 4.89. The van der Waals surface area contributed by atoms with Gasteiger partial charge in [-0.3, -0.25) is 0 Å². The van der Waals surface area contributed by atoms with Crippen molar-refractivity contribution in [2.45, 2.75) is 13.8 Å². The van der Waals surface area contributed by atoms with Crippen molar-refractivity contribution in [3.8, 4) is 0 Å². The Labute approximate surface area is 115 Å². The molecule has 0 amide bonds. The minimum Gasteiger partial charge on any atom is -0.389 e. The molecule has 1 rings (SSSR count). The highest BCUT2D eigenvalue weighted by Gasteiger charge is 2.15. The van der Waals surface area contributed by atoms with Crippen molar-refractivity contribution >= 4 is 38.8 Å². The van der Waals surface area contributed by atoms with Crippen LogP contribution in [-0.4, -0.2) is 18.6 Å². The number of hydrogen-bond acceptors (Lipinski definition) is 2. The standard InChI is InChI=1S/C12H16BrFN2S/c1-7(2)6-16(3)9-5-4-8(12(15)17)10(13)11(9)14/h4-5,7H,6H2,1-3H3,(H2,15,17). The molecule has 17 heavy (non-hydrogen) atoms. The van der Waals surface area contributed by atoms with E-state index in [2.05, 4.69) is 29.8 Å². The monoisotopic (exact) mass is 318 g/mol. The minimum absolute atomic E-state index is 0.189. The van der Waals surface area contributed by atoms with Crippen molar-refractivity contribution in [1.29, 1.82) is 0 Å². The number of nitrogens with zero attached hydrogens (tertiary/aromatic N) is 1. The SMILES string of the molecule is CC(C)CN(C)c1ccc(C(N)=S)c(Br)c1F. The molecule has 0 heterocycles. The van der Waals surface area contributed by atoms with Gasteiger partial charge in [0.1, 0.15) is 4.99 Å². The molecule has 1 aromatic carbocycles. The molecule has 2 N–H and O–H groups in total. The molecule has 0 aliphatic rings. The van der Waals surface area contributed by atoms with Gasteiger partial charge in [0.15, 0.2) is 5.82 Å². The number of benzene rings is 1. The zero-order valence-corrected chi connectivity index (χ0v) is 12.5. The van der Waals surface area contributed by atoms with Crippen LogP contribution in [0.25, 0.3) is 0 Å². The molecule has 0 aliphatic carbocycles. The molecule has 0 aliphatic heterocycles. The maximum atomic E-state index is 14.1. The van der Waals surface area contributed by atoms with Gasteiger partial charge in [-0.25, -0.2) is 4.39 Å². The molecule has 1 aromatic rings. The molecule has 0 fully saturated rings. The maximum absolute atomic E-state index is 14.1. The molecule has 2 nitrogen and oxygen atoms in total. The molecule has 0 saturated carbocycles. The number of thiocarbonyl (C=S) groups is 1. The fourth-order valence-electron chi connectivity index (χ4n) is 1.67. The molecule has 0 saturated heterocycles. The lowest BCUT2D eigenvalue weighted by Gasteiger charge is -2.23. The van der Waals surface area contributed by atoms with E-state index in [4.69, 9.17) is 18.0 Å². The minimum atomic E-state index is -0.321.